The predicted octanol–water partition coefficient (Wildman–Crippen LogP) is 3.39. The molecule has 1 aliphatic carbocycles. The first-order valence-corrected chi connectivity index (χ1v) is 10.1. The van der Waals surface area contributed by atoms with Crippen LogP contribution in [0.2, 0.25) is 0 Å². The lowest BCUT2D eigenvalue weighted by atomic mass is 9.85. The van der Waals surface area contributed by atoms with Crippen molar-refractivity contribution in [1.82, 2.24) is 10.2 Å². The maximum absolute atomic E-state index is 13.0. The van der Waals surface area contributed by atoms with Gasteiger partial charge in [-0.25, -0.2) is 0 Å². The minimum absolute atomic E-state index is 0.00850. The highest BCUT2D eigenvalue weighted by Gasteiger charge is 2.49. The number of nitrogens with zero attached hydrogens (tertiary/aromatic N) is 1. The van der Waals surface area contributed by atoms with Crippen molar-refractivity contribution in [3.63, 3.8) is 0 Å². The number of rotatable bonds is 5. The number of carbonyl (C=O) groups excluding carboxylic acids is 1. The van der Waals surface area contributed by atoms with E-state index in [-0.39, 0.29) is 17.7 Å². The highest BCUT2D eigenvalue weighted by atomic mass is 16.5. The average molecular weight is 362 g/mol. The van der Waals surface area contributed by atoms with Crippen LogP contribution in [0.5, 0.6) is 5.75 Å². The molecule has 27 heavy (non-hydrogen) atoms. The maximum Gasteiger partial charge on any atom is 0.225 e. The molecular formula is C23H26N2O2. The fourth-order valence-electron chi connectivity index (χ4n) is 4.68. The number of fused-ring (bicyclic) bond motifs is 3. The van der Waals surface area contributed by atoms with E-state index in [9.17, 15) is 4.79 Å². The second kappa shape index (κ2) is 7.01. The number of amides is 1. The van der Waals surface area contributed by atoms with Crippen molar-refractivity contribution in [2.24, 2.45) is 17.8 Å². The van der Waals surface area contributed by atoms with Crippen LogP contribution in [0.4, 0.5) is 0 Å². The third-order valence-corrected chi connectivity index (χ3v) is 6.25. The fourth-order valence-corrected chi connectivity index (χ4v) is 4.68. The van der Waals surface area contributed by atoms with Crippen molar-refractivity contribution < 1.29 is 9.53 Å². The maximum atomic E-state index is 13.0. The van der Waals surface area contributed by atoms with E-state index in [4.69, 9.17) is 4.74 Å². The number of carbonyl (C=O) groups is 1. The van der Waals surface area contributed by atoms with E-state index in [1.807, 2.05) is 24.3 Å². The van der Waals surface area contributed by atoms with Crippen LogP contribution in [0, 0.1) is 17.8 Å². The summed E-state index contributed by atoms with van der Waals surface area (Å²) in [5, 5.41) is 3.17. The van der Waals surface area contributed by atoms with Gasteiger partial charge in [0.1, 0.15) is 5.75 Å². The Morgan fingerprint density at radius 1 is 1.07 bits per heavy atom. The number of nitrogens with one attached hydrogen (secondary N) is 1. The van der Waals surface area contributed by atoms with E-state index in [2.05, 4.69) is 40.5 Å². The van der Waals surface area contributed by atoms with Gasteiger partial charge in [-0.1, -0.05) is 48.5 Å². The van der Waals surface area contributed by atoms with Crippen LogP contribution in [-0.2, 0) is 11.3 Å². The molecule has 3 aliphatic rings. The molecule has 1 N–H and O–H groups in total. The SMILES string of the molecule is O=C(NCc1ccccc1)[C@@H]1CN(CC2CC2)[C@H]2c3ccccc3OC[C@@H]12. The molecule has 2 fully saturated rings. The fraction of sp³-hybridized carbons (Fsp3) is 0.435. The topological polar surface area (TPSA) is 41.6 Å². The lowest BCUT2D eigenvalue weighted by Gasteiger charge is -2.34. The lowest BCUT2D eigenvalue weighted by molar-refractivity contribution is -0.126. The van der Waals surface area contributed by atoms with Gasteiger partial charge < -0.3 is 10.1 Å². The first-order valence-electron chi connectivity index (χ1n) is 10.1. The molecule has 1 amide bonds. The Morgan fingerprint density at radius 2 is 1.85 bits per heavy atom. The molecule has 0 spiro atoms. The van der Waals surface area contributed by atoms with Crippen molar-refractivity contribution in [3.8, 4) is 5.75 Å². The Kier molecular flexibility index (Phi) is 4.36. The first kappa shape index (κ1) is 16.8. The van der Waals surface area contributed by atoms with Crippen molar-refractivity contribution in [2.45, 2.75) is 25.4 Å². The van der Waals surface area contributed by atoms with Gasteiger partial charge >= 0.3 is 0 Å². The first-order chi connectivity index (χ1) is 13.3. The van der Waals surface area contributed by atoms with Crippen molar-refractivity contribution in [3.05, 3.63) is 65.7 Å². The summed E-state index contributed by atoms with van der Waals surface area (Å²) in [7, 11) is 0. The van der Waals surface area contributed by atoms with Gasteiger partial charge in [0.2, 0.25) is 5.91 Å². The number of ether oxygens (including phenoxy) is 1. The average Bonchev–Trinajstić information content (AvgIpc) is 3.46. The van der Waals surface area contributed by atoms with E-state index in [1.54, 1.807) is 0 Å². The number of hydrogen-bond acceptors (Lipinski definition) is 3. The predicted molar refractivity (Wildman–Crippen MR) is 104 cm³/mol. The summed E-state index contributed by atoms with van der Waals surface area (Å²) in [6.45, 7) is 3.17. The van der Waals surface area contributed by atoms with Gasteiger partial charge in [0, 0.05) is 37.2 Å². The molecule has 2 aromatic carbocycles. The number of para-hydroxylation sites is 1. The molecule has 3 atom stereocenters. The molecule has 0 unspecified atom stereocenters. The third kappa shape index (κ3) is 3.34. The molecule has 1 saturated carbocycles. The number of benzene rings is 2. The Labute approximate surface area is 160 Å². The quantitative estimate of drug-likeness (QED) is 0.886. The van der Waals surface area contributed by atoms with Crippen LogP contribution in [0.3, 0.4) is 0 Å². The Hall–Kier alpha value is -2.33. The van der Waals surface area contributed by atoms with Crippen molar-refractivity contribution >= 4 is 5.91 Å². The highest BCUT2D eigenvalue weighted by Crippen LogP contribution is 2.48. The van der Waals surface area contributed by atoms with Gasteiger partial charge in [0.05, 0.1) is 12.5 Å². The van der Waals surface area contributed by atoms with Crippen LogP contribution < -0.4 is 10.1 Å². The van der Waals surface area contributed by atoms with E-state index in [1.165, 1.54) is 18.4 Å². The molecular weight excluding hydrogens is 336 g/mol. The van der Waals surface area contributed by atoms with Gasteiger partial charge in [-0.3, -0.25) is 9.69 Å². The van der Waals surface area contributed by atoms with Gasteiger partial charge in [-0.15, -0.1) is 0 Å². The van der Waals surface area contributed by atoms with Gasteiger partial charge in [0.15, 0.2) is 0 Å². The molecule has 2 heterocycles. The summed E-state index contributed by atoms with van der Waals surface area (Å²) in [4.78, 5) is 15.6. The summed E-state index contributed by atoms with van der Waals surface area (Å²) in [6, 6.07) is 18.8. The summed E-state index contributed by atoms with van der Waals surface area (Å²) >= 11 is 0. The Morgan fingerprint density at radius 3 is 2.67 bits per heavy atom. The van der Waals surface area contributed by atoms with Gasteiger partial charge in [0.25, 0.3) is 0 Å². The molecule has 0 bridgehead atoms. The summed E-state index contributed by atoms with van der Waals surface area (Å²) in [6.07, 6.45) is 2.66. The Balaban J connectivity index is 1.35. The minimum atomic E-state index is -0.00850. The van der Waals surface area contributed by atoms with Crippen LogP contribution >= 0.6 is 0 Å². The normalized spacial score (nSPS) is 26.7. The standard InChI is InChI=1S/C23H26N2O2/c26-23(24-12-16-6-2-1-3-7-16)19-14-25(13-17-10-11-17)22-18-8-4-5-9-21(18)27-15-20(19)22/h1-9,17,19-20,22H,10-15H2,(H,24,26)/t19-,20+,22+/m1/s1. The zero-order chi connectivity index (χ0) is 18.2. The molecule has 1 saturated heterocycles. The Bertz CT molecular complexity index is 818. The molecule has 0 aromatic heterocycles. The zero-order valence-corrected chi connectivity index (χ0v) is 15.5. The number of hydrogen-bond donors (Lipinski definition) is 1. The van der Waals surface area contributed by atoms with Crippen LogP contribution in [0.15, 0.2) is 54.6 Å². The summed E-state index contributed by atoms with van der Waals surface area (Å²) in [5.41, 5.74) is 2.40. The molecule has 4 nitrogen and oxygen atoms in total. The van der Waals surface area contributed by atoms with Crippen LogP contribution in [0.25, 0.3) is 0 Å². The second-order valence-corrected chi connectivity index (χ2v) is 8.16. The second-order valence-electron chi connectivity index (χ2n) is 8.16. The molecule has 5 rings (SSSR count). The number of likely N-dealkylation sites (tertiary alicyclic amines) is 1. The molecule has 4 heteroatoms. The molecule has 2 aliphatic heterocycles. The summed E-state index contributed by atoms with van der Waals surface area (Å²) in [5.74, 6) is 2.19. The third-order valence-electron chi connectivity index (χ3n) is 6.25. The highest BCUT2D eigenvalue weighted by molar-refractivity contribution is 5.80. The monoisotopic (exact) mass is 362 g/mol. The van der Waals surface area contributed by atoms with Crippen LogP contribution in [-0.4, -0.2) is 30.5 Å². The molecule has 0 radical (unpaired) electrons. The minimum Gasteiger partial charge on any atom is -0.493 e. The zero-order valence-electron chi connectivity index (χ0n) is 15.5. The van der Waals surface area contributed by atoms with Gasteiger partial charge in [-0.05, 0) is 30.4 Å². The van der Waals surface area contributed by atoms with Crippen molar-refractivity contribution in [1.29, 1.82) is 0 Å². The smallest absolute Gasteiger partial charge is 0.225 e. The molecule has 140 valence electrons. The van der Waals surface area contributed by atoms with E-state index in [0.717, 1.165) is 30.3 Å². The van der Waals surface area contributed by atoms with Gasteiger partial charge in [-0.2, -0.15) is 0 Å². The summed E-state index contributed by atoms with van der Waals surface area (Å²) < 4.78 is 6.04. The molecule has 2 aromatic rings. The van der Waals surface area contributed by atoms with Crippen LogP contribution in [0.1, 0.15) is 30.0 Å². The van der Waals surface area contributed by atoms with E-state index in [0.29, 0.717) is 19.2 Å². The van der Waals surface area contributed by atoms with E-state index >= 15 is 0 Å². The lowest BCUT2D eigenvalue weighted by Crippen LogP contribution is -2.37. The van der Waals surface area contributed by atoms with E-state index < -0.39 is 0 Å². The largest absolute Gasteiger partial charge is 0.493 e. The van der Waals surface area contributed by atoms with Crippen molar-refractivity contribution in [2.75, 3.05) is 19.7 Å².